The van der Waals surface area contributed by atoms with Crippen molar-refractivity contribution in [2.75, 3.05) is 0 Å². The average molecular weight is 278 g/mol. The lowest BCUT2D eigenvalue weighted by Gasteiger charge is -2.14. The monoisotopic (exact) mass is 278 g/mol. The highest BCUT2D eigenvalue weighted by Crippen LogP contribution is 2.32. The average Bonchev–Trinajstić information content (AvgIpc) is 3.05. The minimum absolute atomic E-state index is 0.410. The molecule has 104 valence electrons. The molecule has 1 aliphatic rings. The first-order chi connectivity index (χ1) is 11.4. The molecule has 0 amide bonds. The van der Waals surface area contributed by atoms with Gasteiger partial charge >= 0.3 is 0 Å². The Bertz CT molecular complexity index is 952. The van der Waals surface area contributed by atoms with Crippen LogP contribution in [0, 0.1) is 20.7 Å². The van der Waals surface area contributed by atoms with Crippen LogP contribution in [-0.4, -0.2) is 4.57 Å². The third-order valence-corrected chi connectivity index (χ3v) is 4.18. The minimum Gasteiger partial charge on any atom is -0.310 e. The third kappa shape index (κ3) is 1.75. The summed E-state index contributed by atoms with van der Waals surface area (Å²) in [6, 6.07) is 12.0. The van der Waals surface area contributed by atoms with Gasteiger partial charge in [0, 0.05) is 28.0 Å². The van der Waals surface area contributed by atoms with Crippen molar-refractivity contribution in [2.45, 2.75) is 27.2 Å². The van der Waals surface area contributed by atoms with E-state index in [1.165, 1.54) is 5.56 Å². The summed E-state index contributed by atoms with van der Waals surface area (Å²) in [6.45, 7) is 2.61. The fraction of sp³-hybridized carbons (Fsp3) is 0.211. The number of nitrogens with zero attached hydrogens (tertiary/aromatic N) is 2. The molecular weight excluding hydrogens is 256 g/mol. The molecule has 1 aliphatic heterocycles. The van der Waals surface area contributed by atoms with Crippen LogP contribution in [0.1, 0.15) is 26.4 Å². The van der Waals surface area contributed by atoms with E-state index in [0.717, 1.165) is 34.7 Å². The second-order valence-electron chi connectivity index (χ2n) is 5.75. The summed E-state index contributed by atoms with van der Waals surface area (Å²) >= 11 is 0. The van der Waals surface area contributed by atoms with Gasteiger partial charge in [-0.2, -0.15) is 4.57 Å². The zero-order chi connectivity index (χ0) is 17.1. The molecule has 3 heterocycles. The second-order valence-corrected chi connectivity index (χ2v) is 5.75. The molecular formula is C19H19N2+. The van der Waals surface area contributed by atoms with E-state index in [9.17, 15) is 0 Å². The lowest BCUT2D eigenvalue weighted by atomic mass is 10.0. The summed E-state index contributed by atoms with van der Waals surface area (Å²) in [6.07, 6.45) is 4.06. The summed E-state index contributed by atoms with van der Waals surface area (Å²) in [4.78, 5) is 0. The van der Waals surface area contributed by atoms with Crippen LogP contribution in [0.15, 0.2) is 48.8 Å². The topological polar surface area (TPSA) is 8.81 Å². The molecule has 0 fully saturated rings. The van der Waals surface area contributed by atoms with Crippen molar-refractivity contribution >= 4 is 0 Å². The van der Waals surface area contributed by atoms with Crippen molar-refractivity contribution in [3.8, 4) is 17.1 Å². The molecule has 0 bridgehead atoms. The Hall–Kier alpha value is -2.35. The Labute approximate surface area is 129 Å². The molecule has 0 N–H and O–H groups in total. The lowest BCUT2D eigenvalue weighted by molar-refractivity contribution is -0.672. The molecule has 2 aromatic heterocycles. The molecule has 21 heavy (non-hydrogen) atoms. The van der Waals surface area contributed by atoms with E-state index in [2.05, 4.69) is 22.9 Å². The maximum Gasteiger partial charge on any atom is 0.230 e. The minimum atomic E-state index is -2.14. The molecule has 0 atom stereocenters. The Balaban J connectivity index is 2.02. The van der Waals surface area contributed by atoms with Gasteiger partial charge in [0.1, 0.15) is 5.69 Å². The Kier molecular flexibility index (Phi) is 1.97. The fourth-order valence-electron chi connectivity index (χ4n) is 3.37. The highest BCUT2D eigenvalue weighted by Gasteiger charge is 2.29. The van der Waals surface area contributed by atoms with E-state index in [1.807, 2.05) is 42.8 Å². The molecule has 2 heteroatoms. The van der Waals surface area contributed by atoms with E-state index in [4.69, 9.17) is 4.11 Å². The van der Waals surface area contributed by atoms with Crippen LogP contribution in [0.4, 0.5) is 0 Å². The summed E-state index contributed by atoms with van der Waals surface area (Å²) < 4.78 is 28.1. The number of hydrogen-bond acceptors (Lipinski definition) is 0. The molecule has 0 aliphatic carbocycles. The lowest BCUT2D eigenvalue weighted by Crippen LogP contribution is -2.31. The molecule has 3 aromatic rings. The van der Waals surface area contributed by atoms with E-state index >= 15 is 0 Å². The second kappa shape index (κ2) is 4.32. The standard InChI is InChI=1S/C19H19N2/c1-13-10-14(2)18(15(3)11-13)21-9-7-16-12-20-8-5-4-6-17(20)19(16)21/h4-11H,12H2,1-3H3/q+1/i2D3. The molecule has 0 unspecified atom stereocenters. The molecule has 0 radical (unpaired) electrons. The van der Waals surface area contributed by atoms with Gasteiger partial charge in [0.2, 0.25) is 5.69 Å². The van der Waals surface area contributed by atoms with E-state index in [-0.39, 0.29) is 0 Å². The summed E-state index contributed by atoms with van der Waals surface area (Å²) in [5.74, 6) is 0. The van der Waals surface area contributed by atoms with E-state index < -0.39 is 6.85 Å². The molecule has 2 nitrogen and oxygen atoms in total. The summed E-state index contributed by atoms with van der Waals surface area (Å²) in [5, 5.41) is 0. The van der Waals surface area contributed by atoms with Crippen LogP contribution in [0.5, 0.6) is 0 Å². The number of fused-ring (bicyclic) bond motifs is 3. The van der Waals surface area contributed by atoms with Crippen molar-refractivity contribution < 1.29 is 8.68 Å². The van der Waals surface area contributed by atoms with Gasteiger partial charge in [-0.15, -0.1) is 0 Å². The Morgan fingerprint density at radius 1 is 1.14 bits per heavy atom. The molecule has 4 rings (SSSR count). The van der Waals surface area contributed by atoms with Crippen LogP contribution in [0.2, 0.25) is 0 Å². The third-order valence-electron chi connectivity index (χ3n) is 4.18. The van der Waals surface area contributed by atoms with Crippen LogP contribution < -0.4 is 4.57 Å². The van der Waals surface area contributed by atoms with Crippen LogP contribution in [-0.2, 0) is 6.54 Å². The number of rotatable bonds is 1. The molecule has 0 spiro atoms. The van der Waals surface area contributed by atoms with Gasteiger partial charge in [-0.05, 0) is 44.0 Å². The van der Waals surface area contributed by atoms with Crippen molar-refractivity contribution in [3.05, 3.63) is 71.0 Å². The fourth-order valence-corrected chi connectivity index (χ4v) is 3.37. The smallest absolute Gasteiger partial charge is 0.230 e. The first-order valence-electron chi connectivity index (χ1n) is 8.67. The molecule has 0 saturated carbocycles. The van der Waals surface area contributed by atoms with Crippen LogP contribution in [0.25, 0.3) is 17.1 Å². The Morgan fingerprint density at radius 2 is 2.00 bits per heavy atom. The maximum absolute atomic E-state index is 7.97. The van der Waals surface area contributed by atoms with Gasteiger partial charge in [-0.1, -0.05) is 17.7 Å². The summed E-state index contributed by atoms with van der Waals surface area (Å²) in [5.41, 5.74) is 6.57. The predicted molar refractivity (Wildman–Crippen MR) is 84.7 cm³/mol. The van der Waals surface area contributed by atoms with Gasteiger partial charge in [0.25, 0.3) is 0 Å². The van der Waals surface area contributed by atoms with Gasteiger partial charge in [0.05, 0.1) is 5.69 Å². The first kappa shape index (κ1) is 9.56. The van der Waals surface area contributed by atoms with Crippen molar-refractivity contribution in [3.63, 3.8) is 0 Å². The zero-order valence-electron chi connectivity index (χ0n) is 15.2. The number of hydrogen-bond donors (Lipinski definition) is 0. The highest BCUT2D eigenvalue weighted by molar-refractivity contribution is 5.65. The summed E-state index contributed by atoms with van der Waals surface area (Å²) in [7, 11) is 0. The molecule has 1 aromatic carbocycles. The van der Waals surface area contributed by atoms with Crippen molar-refractivity contribution in [2.24, 2.45) is 0 Å². The zero-order valence-corrected chi connectivity index (χ0v) is 12.2. The first-order valence-corrected chi connectivity index (χ1v) is 7.17. The van der Waals surface area contributed by atoms with Gasteiger partial charge < -0.3 is 4.57 Å². The van der Waals surface area contributed by atoms with Gasteiger partial charge in [-0.25, -0.2) is 0 Å². The van der Waals surface area contributed by atoms with Crippen LogP contribution >= 0.6 is 0 Å². The largest absolute Gasteiger partial charge is 0.310 e. The number of aryl methyl sites for hydroxylation is 3. The van der Waals surface area contributed by atoms with Crippen molar-refractivity contribution in [1.82, 2.24) is 4.57 Å². The van der Waals surface area contributed by atoms with Gasteiger partial charge in [0.15, 0.2) is 12.7 Å². The maximum atomic E-state index is 7.97. The molecule has 0 saturated heterocycles. The number of aromatic nitrogens is 2. The van der Waals surface area contributed by atoms with Crippen molar-refractivity contribution in [1.29, 1.82) is 0 Å². The van der Waals surface area contributed by atoms with E-state index in [0.29, 0.717) is 5.56 Å². The normalized spacial score (nSPS) is 15.0. The quantitative estimate of drug-likeness (QED) is 0.469. The number of pyridine rings is 1. The Morgan fingerprint density at radius 3 is 2.86 bits per heavy atom. The highest BCUT2D eigenvalue weighted by atomic mass is 15.1. The SMILES string of the molecule is [2H]C([2H])([2H])c1cc(C)cc(C)c1-n1ccc2c1-c1cccc[n+]1C2. The van der Waals surface area contributed by atoms with Crippen LogP contribution in [0.3, 0.4) is 0 Å². The van der Waals surface area contributed by atoms with E-state index in [1.54, 1.807) is 6.07 Å². The predicted octanol–water partition coefficient (Wildman–Crippen LogP) is 3.72. The number of benzene rings is 1. The van der Waals surface area contributed by atoms with Gasteiger partial charge in [-0.3, -0.25) is 0 Å².